The minimum atomic E-state index is -0.930. The Kier molecular flexibility index (Phi) is 4.38. The minimum absolute atomic E-state index is 0.0497. The number of ether oxygens (including phenoxy) is 1. The van der Waals surface area contributed by atoms with Crippen LogP contribution in [0.3, 0.4) is 0 Å². The molecule has 4 rings (SSSR count). The number of aliphatic hydroxyl groups is 1. The molecule has 1 saturated heterocycles. The van der Waals surface area contributed by atoms with E-state index in [0.717, 1.165) is 36.4 Å². The van der Waals surface area contributed by atoms with Crippen LogP contribution in [0.5, 0.6) is 5.75 Å². The number of fused-ring (bicyclic) bond motifs is 1. The Labute approximate surface area is 153 Å². The summed E-state index contributed by atoms with van der Waals surface area (Å²) in [7, 11) is 1.65. The van der Waals surface area contributed by atoms with Gasteiger partial charge in [-0.1, -0.05) is 12.1 Å². The van der Waals surface area contributed by atoms with E-state index in [2.05, 4.69) is 14.9 Å². The average Bonchev–Trinajstić information content (AvgIpc) is 3.28. The molecule has 1 aromatic carbocycles. The van der Waals surface area contributed by atoms with Crippen LogP contribution in [0.4, 0.5) is 0 Å². The van der Waals surface area contributed by atoms with Gasteiger partial charge >= 0.3 is 0 Å². The maximum atomic E-state index is 11.3. The van der Waals surface area contributed by atoms with Gasteiger partial charge in [-0.3, -0.25) is 9.30 Å². The maximum Gasteiger partial charge on any atom is 0.233 e. The summed E-state index contributed by atoms with van der Waals surface area (Å²) in [5.41, 5.74) is 0.952. The number of aromatic nitrogens is 3. The number of rotatable bonds is 5. The predicted molar refractivity (Wildman–Crippen MR) is 99.0 cm³/mol. The highest BCUT2D eigenvalue weighted by Gasteiger charge is 2.40. The topological polar surface area (TPSA) is 62.9 Å². The van der Waals surface area contributed by atoms with Crippen molar-refractivity contribution in [2.75, 3.05) is 13.7 Å². The highest BCUT2D eigenvalue weighted by atomic mass is 16.5. The standard InChI is InChI=1S/C20H24N4O2/c1-20(25,15-6-8-17(26-2)9-7-15)18-5-3-11-23(18)13-16-14-24-12-4-10-21-19(24)22-16/h4,6-10,12,14,18,25H,3,5,11,13H2,1-2H3. The summed E-state index contributed by atoms with van der Waals surface area (Å²) >= 11 is 0. The Morgan fingerprint density at radius 3 is 2.85 bits per heavy atom. The number of benzene rings is 1. The molecule has 2 unspecified atom stereocenters. The first-order valence-electron chi connectivity index (χ1n) is 8.97. The first kappa shape index (κ1) is 17.0. The third kappa shape index (κ3) is 3.06. The fraction of sp³-hybridized carbons (Fsp3) is 0.400. The second kappa shape index (κ2) is 6.70. The van der Waals surface area contributed by atoms with Gasteiger partial charge in [0.1, 0.15) is 11.4 Å². The summed E-state index contributed by atoms with van der Waals surface area (Å²) in [6.45, 7) is 3.57. The molecule has 2 aromatic heterocycles. The average molecular weight is 352 g/mol. The van der Waals surface area contributed by atoms with Gasteiger partial charge in [0.25, 0.3) is 0 Å². The number of nitrogens with zero attached hydrogens (tertiary/aromatic N) is 4. The number of imidazole rings is 1. The SMILES string of the molecule is COc1ccc(C(C)(O)C2CCCN2Cc2cn3cccnc3n2)cc1. The molecular weight excluding hydrogens is 328 g/mol. The van der Waals surface area contributed by atoms with Crippen molar-refractivity contribution in [3.8, 4) is 5.75 Å². The molecule has 1 fully saturated rings. The number of hydrogen-bond acceptors (Lipinski definition) is 5. The normalized spacial score (nSPS) is 20.3. The molecular formula is C20H24N4O2. The molecule has 1 N–H and O–H groups in total. The van der Waals surface area contributed by atoms with Crippen molar-refractivity contribution in [1.82, 2.24) is 19.3 Å². The molecule has 1 aliphatic heterocycles. The molecule has 1 aliphatic rings. The Bertz CT molecular complexity index is 855. The molecule has 136 valence electrons. The molecule has 2 atom stereocenters. The number of methoxy groups -OCH3 is 1. The largest absolute Gasteiger partial charge is 0.497 e. The summed E-state index contributed by atoms with van der Waals surface area (Å²) in [4.78, 5) is 11.2. The molecule has 0 amide bonds. The monoisotopic (exact) mass is 352 g/mol. The summed E-state index contributed by atoms with van der Waals surface area (Å²) in [6, 6.07) is 9.64. The second-order valence-corrected chi connectivity index (χ2v) is 7.06. The van der Waals surface area contributed by atoms with Crippen LogP contribution >= 0.6 is 0 Å². The minimum Gasteiger partial charge on any atom is -0.497 e. The van der Waals surface area contributed by atoms with Crippen molar-refractivity contribution < 1.29 is 9.84 Å². The van der Waals surface area contributed by atoms with Gasteiger partial charge in [-0.15, -0.1) is 0 Å². The Hall–Kier alpha value is -2.44. The van der Waals surface area contributed by atoms with E-state index in [1.807, 2.05) is 54.0 Å². The maximum absolute atomic E-state index is 11.3. The molecule has 0 saturated carbocycles. The van der Waals surface area contributed by atoms with E-state index in [1.54, 1.807) is 13.3 Å². The van der Waals surface area contributed by atoms with Crippen LogP contribution in [-0.2, 0) is 12.1 Å². The molecule has 0 aliphatic carbocycles. The van der Waals surface area contributed by atoms with Gasteiger partial charge < -0.3 is 9.84 Å². The molecule has 0 radical (unpaired) electrons. The molecule has 0 spiro atoms. The lowest BCUT2D eigenvalue weighted by atomic mass is 9.86. The zero-order chi connectivity index (χ0) is 18.1. The van der Waals surface area contributed by atoms with E-state index < -0.39 is 5.60 Å². The summed E-state index contributed by atoms with van der Waals surface area (Å²) in [5.74, 6) is 1.50. The van der Waals surface area contributed by atoms with Gasteiger partial charge in [-0.2, -0.15) is 0 Å². The van der Waals surface area contributed by atoms with Gasteiger partial charge in [0.15, 0.2) is 0 Å². The highest BCUT2D eigenvalue weighted by Crippen LogP contribution is 2.36. The van der Waals surface area contributed by atoms with E-state index in [4.69, 9.17) is 4.74 Å². The van der Waals surface area contributed by atoms with Crippen LogP contribution in [0, 0.1) is 0 Å². The Morgan fingerprint density at radius 2 is 2.12 bits per heavy atom. The summed E-state index contributed by atoms with van der Waals surface area (Å²) in [5, 5.41) is 11.3. The van der Waals surface area contributed by atoms with Crippen LogP contribution in [0.2, 0.25) is 0 Å². The molecule has 6 nitrogen and oxygen atoms in total. The Balaban J connectivity index is 1.56. The van der Waals surface area contributed by atoms with Crippen LogP contribution in [0.1, 0.15) is 31.0 Å². The lowest BCUT2D eigenvalue weighted by Gasteiger charge is -2.36. The molecule has 3 heterocycles. The zero-order valence-electron chi connectivity index (χ0n) is 15.2. The van der Waals surface area contributed by atoms with E-state index in [0.29, 0.717) is 12.3 Å². The second-order valence-electron chi connectivity index (χ2n) is 7.06. The van der Waals surface area contributed by atoms with E-state index in [9.17, 15) is 5.11 Å². The van der Waals surface area contributed by atoms with Crippen molar-refractivity contribution in [1.29, 1.82) is 0 Å². The molecule has 6 heteroatoms. The number of likely N-dealkylation sites (tertiary alicyclic amines) is 1. The fourth-order valence-electron chi connectivity index (χ4n) is 3.94. The summed E-state index contributed by atoms with van der Waals surface area (Å²) in [6.07, 6.45) is 7.75. The highest BCUT2D eigenvalue weighted by molar-refractivity contribution is 5.32. The van der Waals surface area contributed by atoms with Gasteiger partial charge in [-0.05, 0) is 50.1 Å². The lowest BCUT2D eigenvalue weighted by molar-refractivity contribution is -0.0257. The first-order valence-corrected chi connectivity index (χ1v) is 8.97. The Morgan fingerprint density at radius 1 is 1.31 bits per heavy atom. The van der Waals surface area contributed by atoms with Crippen molar-refractivity contribution in [3.63, 3.8) is 0 Å². The van der Waals surface area contributed by atoms with Crippen molar-refractivity contribution in [2.24, 2.45) is 0 Å². The molecule has 3 aromatic rings. The van der Waals surface area contributed by atoms with Crippen molar-refractivity contribution >= 4 is 5.78 Å². The van der Waals surface area contributed by atoms with Crippen LogP contribution in [0.25, 0.3) is 5.78 Å². The van der Waals surface area contributed by atoms with Crippen molar-refractivity contribution in [3.05, 3.63) is 60.2 Å². The predicted octanol–water partition coefficient (Wildman–Crippen LogP) is 2.61. The third-order valence-electron chi connectivity index (χ3n) is 5.34. The summed E-state index contributed by atoms with van der Waals surface area (Å²) < 4.78 is 7.16. The lowest BCUT2D eigenvalue weighted by Crippen LogP contribution is -2.45. The molecule has 0 bridgehead atoms. The van der Waals surface area contributed by atoms with E-state index in [-0.39, 0.29) is 6.04 Å². The quantitative estimate of drug-likeness (QED) is 0.765. The first-order chi connectivity index (χ1) is 12.6. The van der Waals surface area contributed by atoms with Gasteiger partial charge in [0, 0.05) is 31.2 Å². The van der Waals surface area contributed by atoms with Gasteiger partial charge in [-0.25, -0.2) is 9.97 Å². The van der Waals surface area contributed by atoms with Crippen LogP contribution in [-0.4, -0.2) is 44.1 Å². The fourth-order valence-corrected chi connectivity index (χ4v) is 3.94. The zero-order valence-corrected chi connectivity index (χ0v) is 15.2. The van der Waals surface area contributed by atoms with Gasteiger partial charge in [0.05, 0.1) is 12.8 Å². The third-order valence-corrected chi connectivity index (χ3v) is 5.34. The smallest absolute Gasteiger partial charge is 0.233 e. The van der Waals surface area contributed by atoms with Crippen LogP contribution in [0.15, 0.2) is 48.9 Å². The van der Waals surface area contributed by atoms with E-state index >= 15 is 0 Å². The molecule has 26 heavy (non-hydrogen) atoms. The number of hydrogen-bond donors (Lipinski definition) is 1. The van der Waals surface area contributed by atoms with E-state index in [1.165, 1.54) is 0 Å². The van der Waals surface area contributed by atoms with Crippen LogP contribution < -0.4 is 4.74 Å². The van der Waals surface area contributed by atoms with Gasteiger partial charge in [0.2, 0.25) is 5.78 Å². The van der Waals surface area contributed by atoms with Crippen molar-refractivity contribution in [2.45, 2.75) is 38.0 Å².